The third-order valence-corrected chi connectivity index (χ3v) is 6.03. The molecule has 0 saturated carbocycles. The van der Waals surface area contributed by atoms with Crippen molar-refractivity contribution in [2.75, 3.05) is 10.9 Å². The highest BCUT2D eigenvalue weighted by atomic mass is 35.5. The number of anilines is 2. The summed E-state index contributed by atoms with van der Waals surface area (Å²) in [6, 6.07) is 11.2. The number of rotatable bonds is 8. The Labute approximate surface area is 212 Å². The van der Waals surface area contributed by atoms with Gasteiger partial charge in [0.05, 0.1) is 53.7 Å². The minimum absolute atomic E-state index is 0.0560. The van der Waals surface area contributed by atoms with Crippen molar-refractivity contribution in [1.82, 2.24) is 0 Å². The zero-order chi connectivity index (χ0) is 24.8. The topological polar surface area (TPSA) is 135 Å². The van der Waals surface area contributed by atoms with Crippen molar-refractivity contribution in [2.24, 2.45) is 10.2 Å². The van der Waals surface area contributed by atoms with Gasteiger partial charge in [0, 0.05) is 35.4 Å². The molecule has 3 rings (SSSR count). The average molecular weight is 542 g/mol. The first-order chi connectivity index (χ1) is 16.2. The standard InChI is InChI=1S/C20H12Cl4N6O4/c21-17-15(9-25-27-11-1-5-13(6-2-11)29(31)32)18(22)20(24)16(19(17)23)10-26-28-12-3-7-14(8-4-12)30(33)34/h1-10,27-28H/b25-9-,26-10-. The lowest BCUT2D eigenvalue weighted by atomic mass is 10.1. The van der Waals surface area contributed by atoms with Crippen LogP contribution in [0.5, 0.6) is 0 Å². The molecule has 3 aromatic rings. The normalized spacial score (nSPS) is 11.2. The van der Waals surface area contributed by atoms with E-state index in [2.05, 4.69) is 21.1 Å². The average Bonchev–Trinajstić information content (AvgIpc) is 2.82. The molecule has 0 radical (unpaired) electrons. The van der Waals surface area contributed by atoms with Crippen molar-refractivity contribution in [3.05, 3.63) is 100.0 Å². The second-order valence-corrected chi connectivity index (χ2v) is 7.94. The highest BCUT2D eigenvalue weighted by Crippen LogP contribution is 2.39. The smallest absolute Gasteiger partial charge is 0.269 e. The van der Waals surface area contributed by atoms with E-state index in [0.717, 1.165) is 0 Å². The summed E-state index contributed by atoms with van der Waals surface area (Å²) in [7, 11) is 0. The molecule has 14 heteroatoms. The fourth-order valence-electron chi connectivity index (χ4n) is 2.55. The van der Waals surface area contributed by atoms with Crippen LogP contribution < -0.4 is 10.9 Å². The van der Waals surface area contributed by atoms with E-state index in [0.29, 0.717) is 11.4 Å². The SMILES string of the molecule is O=[N+]([O-])c1ccc(N/N=C\c2c(Cl)c(Cl)c(/C=N\Nc3ccc([N+](=O)[O-])cc3)c(Cl)c2Cl)cc1. The van der Waals surface area contributed by atoms with Gasteiger partial charge in [-0.05, 0) is 24.3 Å². The lowest BCUT2D eigenvalue weighted by molar-refractivity contribution is -0.385. The fourth-order valence-corrected chi connectivity index (χ4v) is 3.63. The Morgan fingerprint density at radius 3 is 1.18 bits per heavy atom. The van der Waals surface area contributed by atoms with Crippen molar-refractivity contribution in [3.63, 3.8) is 0 Å². The predicted molar refractivity (Wildman–Crippen MR) is 135 cm³/mol. The molecule has 0 atom stereocenters. The van der Waals surface area contributed by atoms with Gasteiger partial charge < -0.3 is 0 Å². The Balaban J connectivity index is 1.76. The first-order valence-electron chi connectivity index (χ1n) is 9.12. The molecule has 0 aliphatic rings. The molecule has 0 aromatic heterocycles. The van der Waals surface area contributed by atoms with Crippen LogP contribution in [0.2, 0.25) is 20.1 Å². The molecule has 174 valence electrons. The number of hydrogen-bond donors (Lipinski definition) is 2. The number of nitrogens with zero attached hydrogens (tertiary/aromatic N) is 4. The van der Waals surface area contributed by atoms with Crippen molar-refractivity contribution in [2.45, 2.75) is 0 Å². The molecule has 0 spiro atoms. The highest BCUT2D eigenvalue weighted by molar-refractivity contribution is 6.51. The van der Waals surface area contributed by atoms with Crippen LogP contribution in [0.4, 0.5) is 22.7 Å². The number of nitro groups is 2. The van der Waals surface area contributed by atoms with E-state index in [9.17, 15) is 20.2 Å². The van der Waals surface area contributed by atoms with Crippen LogP contribution in [0.25, 0.3) is 0 Å². The number of benzene rings is 3. The van der Waals surface area contributed by atoms with Crippen molar-refractivity contribution in [1.29, 1.82) is 0 Å². The van der Waals surface area contributed by atoms with Gasteiger partial charge >= 0.3 is 0 Å². The van der Waals surface area contributed by atoms with Crippen molar-refractivity contribution < 1.29 is 9.85 Å². The lowest BCUT2D eigenvalue weighted by Crippen LogP contribution is -1.98. The maximum atomic E-state index is 10.7. The Morgan fingerprint density at radius 1 is 0.618 bits per heavy atom. The van der Waals surface area contributed by atoms with Crippen molar-refractivity contribution in [3.8, 4) is 0 Å². The van der Waals surface area contributed by atoms with Crippen LogP contribution >= 0.6 is 46.4 Å². The van der Waals surface area contributed by atoms with Gasteiger partial charge in [0.25, 0.3) is 11.4 Å². The second kappa shape index (κ2) is 11.1. The molecular weight excluding hydrogens is 530 g/mol. The summed E-state index contributed by atoms with van der Waals surface area (Å²) in [6.07, 6.45) is 2.61. The monoisotopic (exact) mass is 540 g/mol. The van der Waals surface area contributed by atoms with Crippen LogP contribution in [0.15, 0.2) is 58.7 Å². The number of halogens is 4. The summed E-state index contributed by atoms with van der Waals surface area (Å²) in [4.78, 5) is 20.4. The summed E-state index contributed by atoms with van der Waals surface area (Å²) >= 11 is 25.4. The number of hydrogen-bond acceptors (Lipinski definition) is 8. The second-order valence-electron chi connectivity index (χ2n) is 6.43. The lowest BCUT2D eigenvalue weighted by Gasteiger charge is -2.11. The van der Waals surface area contributed by atoms with Gasteiger partial charge in [-0.2, -0.15) is 10.2 Å². The van der Waals surface area contributed by atoms with Gasteiger partial charge in [-0.3, -0.25) is 31.1 Å². The first-order valence-corrected chi connectivity index (χ1v) is 10.6. The first kappa shape index (κ1) is 25.2. The highest BCUT2D eigenvalue weighted by Gasteiger charge is 2.18. The molecule has 0 aliphatic carbocycles. The summed E-state index contributed by atoms with van der Waals surface area (Å²) in [6.45, 7) is 0. The number of nitrogens with one attached hydrogen (secondary N) is 2. The zero-order valence-corrected chi connectivity index (χ0v) is 19.7. The summed E-state index contributed by atoms with van der Waals surface area (Å²) in [5.74, 6) is 0. The minimum atomic E-state index is -0.511. The quantitative estimate of drug-likeness (QED) is 0.136. The van der Waals surface area contributed by atoms with Gasteiger partial charge in [0.15, 0.2) is 0 Å². The van der Waals surface area contributed by atoms with E-state index in [4.69, 9.17) is 46.4 Å². The van der Waals surface area contributed by atoms with Gasteiger partial charge in [0.1, 0.15) is 0 Å². The van der Waals surface area contributed by atoms with Crippen LogP contribution in [-0.2, 0) is 0 Å². The third kappa shape index (κ3) is 5.91. The van der Waals surface area contributed by atoms with E-state index in [-0.39, 0.29) is 42.6 Å². The van der Waals surface area contributed by atoms with Crippen LogP contribution in [0.3, 0.4) is 0 Å². The van der Waals surface area contributed by atoms with E-state index >= 15 is 0 Å². The van der Waals surface area contributed by atoms with E-state index in [1.165, 1.54) is 61.0 Å². The predicted octanol–water partition coefficient (Wildman–Crippen LogP) is 7.01. The number of hydrazone groups is 2. The van der Waals surface area contributed by atoms with E-state index in [1.54, 1.807) is 0 Å². The van der Waals surface area contributed by atoms with Gasteiger partial charge in [-0.1, -0.05) is 46.4 Å². The summed E-state index contributed by atoms with van der Waals surface area (Å²) in [5.41, 5.74) is 6.75. The zero-order valence-electron chi connectivity index (χ0n) is 16.7. The summed E-state index contributed by atoms with van der Waals surface area (Å²) < 4.78 is 0. The van der Waals surface area contributed by atoms with Crippen LogP contribution in [-0.4, -0.2) is 22.3 Å². The maximum absolute atomic E-state index is 10.7. The molecule has 3 aromatic carbocycles. The van der Waals surface area contributed by atoms with Gasteiger partial charge in [-0.15, -0.1) is 0 Å². The minimum Gasteiger partial charge on any atom is -0.278 e. The Kier molecular flexibility index (Phi) is 8.24. The molecule has 2 N–H and O–H groups in total. The molecule has 0 bridgehead atoms. The molecule has 0 fully saturated rings. The van der Waals surface area contributed by atoms with Gasteiger partial charge in [0.2, 0.25) is 0 Å². The van der Waals surface area contributed by atoms with E-state index in [1.807, 2.05) is 0 Å². The molecule has 0 heterocycles. The van der Waals surface area contributed by atoms with Crippen LogP contribution in [0, 0.1) is 20.2 Å². The Hall–Kier alpha value is -3.44. The Bertz CT molecular complexity index is 1170. The largest absolute Gasteiger partial charge is 0.278 e. The van der Waals surface area contributed by atoms with Crippen molar-refractivity contribution >= 4 is 81.6 Å². The number of non-ortho nitro benzene ring substituents is 2. The molecule has 0 unspecified atom stereocenters. The molecule has 10 nitrogen and oxygen atoms in total. The van der Waals surface area contributed by atoms with Crippen LogP contribution in [0.1, 0.15) is 11.1 Å². The molecule has 0 amide bonds. The third-order valence-electron chi connectivity index (χ3n) is 4.26. The fraction of sp³-hybridized carbons (Fsp3) is 0. The molecule has 0 aliphatic heterocycles. The summed E-state index contributed by atoms with van der Waals surface area (Å²) in [5, 5.41) is 29.7. The molecule has 34 heavy (non-hydrogen) atoms. The Morgan fingerprint density at radius 2 is 0.912 bits per heavy atom. The maximum Gasteiger partial charge on any atom is 0.269 e. The van der Waals surface area contributed by atoms with E-state index < -0.39 is 9.85 Å². The van der Waals surface area contributed by atoms with Gasteiger partial charge in [-0.25, -0.2) is 0 Å². The number of nitro benzene ring substituents is 2. The molecule has 0 saturated heterocycles. The molecular formula is C20H12Cl4N6O4.